The number of unbranched alkanes of at least 4 members (excludes halogenated alkanes) is 8. The monoisotopic (exact) mass is 690 g/mol. The molecular weight excluding hydrogens is 589 g/mol. The van der Waals surface area contributed by atoms with Gasteiger partial charge in [-0.15, -0.1) is 0 Å². The van der Waals surface area contributed by atoms with E-state index in [9.17, 15) is 0 Å². The number of nitrogens with zero attached hydrogens (tertiary/aromatic N) is 1. The summed E-state index contributed by atoms with van der Waals surface area (Å²) in [4.78, 5) is 0. The molecule has 3 heteroatoms. The Kier molecular flexibility index (Phi) is 55.8. The van der Waals surface area contributed by atoms with E-state index in [2.05, 4.69) is 128 Å². The predicted molar refractivity (Wildman–Crippen MR) is 229 cm³/mol. The average Bonchev–Trinajstić information content (AvgIpc) is 2.97. The summed E-state index contributed by atoms with van der Waals surface area (Å²) in [7, 11) is 2.35. The van der Waals surface area contributed by atoms with Crippen LogP contribution in [0.4, 0.5) is 0 Å². The summed E-state index contributed by atoms with van der Waals surface area (Å²) in [5, 5.41) is 3.28. The predicted octanol–water partition coefficient (Wildman–Crippen LogP) is 15.2. The van der Waals surface area contributed by atoms with Crippen molar-refractivity contribution in [2.45, 2.75) is 219 Å². The average molecular weight is 690 g/mol. The van der Waals surface area contributed by atoms with Crippen LogP contribution < -0.4 is 5.32 Å². The SMILES string of the molecule is CC(C)(C)C.CCCC(C)C.CCCCCCCC(C)C.CCCCCCCSCCC.CCCNCCC.CCC[N+]1(C)CCC1. The van der Waals surface area contributed by atoms with Crippen molar-refractivity contribution in [3.8, 4) is 0 Å². The Morgan fingerprint density at radius 1 is 0.532 bits per heavy atom. The number of likely N-dealkylation sites (tertiary alicyclic amines) is 1. The zero-order valence-corrected chi connectivity index (χ0v) is 37.5. The molecule has 2 nitrogen and oxygen atoms in total. The summed E-state index contributed by atoms with van der Waals surface area (Å²) < 4.78 is 1.34. The Labute approximate surface area is 308 Å². The first-order valence-electron chi connectivity index (χ1n) is 21.3. The lowest BCUT2D eigenvalue weighted by Gasteiger charge is -2.41. The Morgan fingerprint density at radius 2 is 0.979 bits per heavy atom. The van der Waals surface area contributed by atoms with Gasteiger partial charge in [0.2, 0.25) is 0 Å². The van der Waals surface area contributed by atoms with Crippen LogP contribution in [0.1, 0.15) is 219 Å². The highest BCUT2D eigenvalue weighted by Crippen LogP contribution is 2.16. The number of hydrogen-bond acceptors (Lipinski definition) is 2. The molecule has 0 spiro atoms. The van der Waals surface area contributed by atoms with Gasteiger partial charge in [-0.05, 0) is 74.0 Å². The largest absolute Gasteiger partial charge is 0.326 e. The highest BCUT2D eigenvalue weighted by atomic mass is 32.2. The third-order valence-corrected chi connectivity index (χ3v) is 8.78. The van der Waals surface area contributed by atoms with E-state index in [-0.39, 0.29) is 0 Å². The van der Waals surface area contributed by atoms with Crippen molar-refractivity contribution in [3.63, 3.8) is 0 Å². The van der Waals surface area contributed by atoms with E-state index in [4.69, 9.17) is 0 Å². The first kappa shape index (κ1) is 56.6. The van der Waals surface area contributed by atoms with E-state index in [1.54, 1.807) is 0 Å². The molecule has 0 aliphatic carbocycles. The van der Waals surface area contributed by atoms with Gasteiger partial charge in [-0.1, -0.05) is 181 Å². The Balaban J connectivity index is -0.000000153. The lowest BCUT2D eigenvalue weighted by Crippen LogP contribution is -2.54. The zero-order chi connectivity index (χ0) is 37.2. The van der Waals surface area contributed by atoms with Gasteiger partial charge in [0.15, 0.2) is 0 Å². The summed E-state index contributed by atoms with van der Waals surface area (Å²) in [6.07, 6.45) is 25.0. The number of rotatable bonds is 22. The summed E-state index contributed by atoms with van der Waals surface area (Å²) in [6, 6.07) is 0. The second kappa shape index (κ2) is 46.3. The van der Waals surface area contributed by atoms with Gasteiger partial charge >= 0.3 is 0 Å². The standard InChI is InChI=1S/C10H22S.C10H22.C7H16N.C6H15N.C6H14.C5H12/c1-3-5-6-7-8-10-11-9-4-2;1-4-5-6-7-8-9-10(2)3;1-3-5-8(2)6-4-7-8;1-3-5-7-6-4-2;1-4-5-6(2)3;1-5(2,3)4/h3-10H2,1-2H3;10H,4-9H2,1-3H3;3-7H2,1-2H3;7H,3-6H2,1-2H3;6H,4-5H2,1-3H3;1-4H3/q;;+1;;;. The van der Waals surface area contributed by atoms with E-state index >= 15 is 0 Å². The van der Waals surface area contributed by atoms with Crippen molar-refractivity contribution in [2.24, 2.45) is 17.3 Å². The van der Waals surface area contributed by atoms with Crippen LogP contribution in [-0.4, -0.2) is 55.8 Å². The lowest BCUT2D eigenvalue weighted by atomic mass is 10.0. The van der Waals surface area contributed by atoms with Crippen LogP contribution in [0.5, 0.6) is 0 Å². The van der Waals surface area contributed by atoms with Crippen molar-refractivity contribution in [1.82, 2.24) is 5.32 Å². The Morgan fingerprint density at radius 3 is 1.26 bits per heavy atom. The van der Waals surface area contributed by atoms with Crippen LogP contribution in [-0.2, 0) is 0 Å². The lowest BCUT2D eigenvalue weighted by molar-refractivity contribution is -0.946. The van der Waals surface area contributed by atoms with Gasteiger partial charge in [-0.2, -0.15) is 11.8 Å². The molecule has 0 bridgehead atoms. The van der Waals surface area contributed by atoms with E-state index in [1.807, 2.05) is 0 Å². The molecule has 1 rings (SSSR count). The van der Waals surface area contributed by atoms with Crippen LogP contribution in [0, 0.1) is 17.3 Å². The molecule has 1 N–H and O–H groups in total. The van der Waals surface area contributed by atoms with Gasteiger partial charge in [0.25, 0.3) is 0 Å². The first-order valence-corrected chi connectivity index (χ1v) is 22.4. The quantitative estimate of drug-likeness (QED) is 0.0897. The fraction of sp³-hybridized carbons (Fsp3) is 1.00. The van der Waals surface area contributed by atoms with E-state index in [0.717, 1.165) is 11.8 Å². The molecule has 0 atom stereocenters. The second-order valence-corrected chi connectivity index (χ2v) is 17.9. The fourth-order valence-corrected chi connectivity index (χ4v) is 5.63. The molecule has 0 radical (unpaired) electrons. The molecule has 1 saturated heterocycles. The Bertz CT molecular complexity index is 476. The van der Waals surface area contributed by atoms with Gasteiger partial charge in [-0.25, -0.2) is 0 Å². The molecule has 0 aromatic carbocycles. The van der Waals surface area contributed by atoms with Gasteiger partial charge in [0, 0.05) is 6.42 Å². The fourth-order valence-electron chi connectivity index (χ4n) is 4.73. The van der Waals surface area contributed by atoms with Gasteiger partial charge in [0.05, 0.1) is 26.7 Å². The summed E-state index contributed by atoms with van der Waals surface area (Å²) >= 11 is 2.11. The minimum atomic E-state index is 0.500. The van der Waals surface area contributed by atoms with Gasteiger partial charge in [-0.3, -0.25) is 0 Å². The maximum atomic E-state index is 3.28. The van der Waals surface area contributed by atoms with Gasteiger partial charge < -0.3 is 9.80 Å². The summed E-state index contributed by atoms with van der Waals surface area (Å²) in [6.45, 7) is 40.1. The third kappa shape index (κ3) is 77.2. The summed E-state index contributed by atoms with van der Waals surface area (Å²) in [5.74, 6) is 4.54. The van der Waals surface area contributed by atoms with Gasteiger partial charge in [0.1, 0.15) is 0 Å². The molecule has 0 saturated carbocycles. The highest BCUT2D eigenvalue weighted by Gasteiger charge is 2.28. The van der Waals surface area contributed by atoms with Crippen LogP contribution in [0.25, 0.3) is 0 Å². The number of nitrogens with one attached hydrogen (secondary N) is 1. The molecule has 47 heavy (non-hydrogen) atoms. The first-order chi connectivity index (χ1) is 22.1. The minimum absolute atomic E-state index is 0.500. The number of hydrogen-bond donors (Lipinski definition) is 1. The minimum Gasteiger partial charge on any atom is -0.326 e. The molecule has 0 aromatic rings. The number of quaternary nitrogens is 1. The van der Waals surface area contributed by atoms with Crippen LogP contribution in [0.2, 0.25) is 0 Å². The van der Waals surface area contributed by atoms with Crippen LogP contribution >= 0.6 is 11.8 Å². The van der Waals surface area contributed by atoms with Crippen molar-refractivity contribution in [3.05, 3.63) is 0 Å². The Hall–Kier alpha value is 0.270. The molecule has 1 fully saturated rings. The normalized spacial score (nSPS) is 12.9. The van der Waals surface area contributed by atoms with Crippen molar-refractivity contribution in [1.29, 1.82) is 0 Å². The maximum absolute atomic E-state index is 3.28. The topological polar surface area (TPSA) is 12.0 Å². The zero-order valence-electron chi connectivity index (χ0n) is 36.7. The second-order valence-electron chi connectivity index (χ2n) is 16.7. The summed E-state index contributed by atoms with van der Waals surface area (Å²) in [5.41, 5.74) is 0.500. The molecular formula is C44H101N2S+. The molecule has 1 aliphatic heterocycles. The van der Waals surface area contributed by atoms with E-state index in [0.29, 0.717) is 5.41 Å². The smallest absolute Gasteiger partial charge is 0.0839 e. The molecule has 1 aliphatic rings. The van der Waals surface area contributed by atoms with Crippen molar-refractivity contribution in [2.75, 3.05) is 51.3 Å². The highest BCUT2D eigenvalue weighted by molar-refractivity contribution is 7.99. The molecule has 0 aromatic heterocycles. The molecule has 292 valence electrons. The molecule has 1 heterocycles. The van der Waals surface area contributed by atoms with Crippen LogP contribution in [0.3, 0.4) is 0 Å². The van der Waals surface area contributed by atoms with Crippen LogP contribution in [0.15, 0.2) is 0 Å². The van der Waals surface area contributed by atoms with Crippen molar-refractivity contribution < 1.29 is 4.48 Å². The molecule has 0 unspecified atom stereocenters. The maximum Gasteiger partial charge on any atom is 0.0839 e. The van der Waals surface area contributed by atoms with E-state index in [1.165, 1.54) is 164 Å². The van der Waals surface area contributed by atoms with E-state index < -0.39 is 0 Å². The molecule has 0 amide bonds. The number of thioether (sulfide) groups is 1. The van der Waals surface area contributed by atoms with Crippen molar-refractivity contribution >= 4 is 11.8 Å². The third-order valence-electron chi connectivity index (χ3n) is 7.50.